The molecule has 0 atom stereocenters. The van der Waals surface area contributed by atoms with Crippen LogP contribution in [0.25, 0.3) is 77.6 Å². The molecular weight excluding hydrogens is 991 g/mol. The van der Waals surface area contributed by atoms with E-state index in [4.69, 9.17) is 4.42 Å². The molecule has 0 spiro atoms. The lowest BCUT2D eigenvalue weighted by atomic mass is 9.67. The third-order valence-corrected chi connectivity index (χ3v) is 17.7. The van der Waals surface area contributed by atoms with E-state index in [1.807, 2.05) is 6.07 Å². The zero-order valence-electron chi connectivity index (χ0n) is 45.0. The maximum absolute atomic E-state index is 6.51. The minimum atomic E-state index is -0.499. The summed E-state index contributed by atoms with van der Waals surface area (Å²) in [7, 11) is 0. The minimum absolute atomic E-state index is 0.484. The van der Waals surface area contributed by atoms with Gasteiger partial charge in [-0.1, -0.05) is 267 Å². The van der Waals surface area contributed by atoms with Crippen molar-refractivity contribution in [1.82, 2.24) is 0 Å². The third-order valence-electron chi connectivity index (χ3n) is 17.7. The summed E-state index contributed by atoms with van der Waals surface area (Å²) >= 11 is 0. The van der Waals surface area contributed by atoms with Gasteiger partial charge in [0.15, 0.2) is 0 Å². The van der Waals surface area contributed by atoms with Crippen molar-refractivity contribution in [2.45, 2.75) is 10.8 Å². The molecule has 0 saturated carbocycles. The molecular formula is C80H53NO. The van der Waals surface area contributed by atoms with Gasteiger partial charge in [-0.25, -0.2) is 0 Å². The number of furan rings is 1. The van der Waals surface area contributed by atoms with Gasteiger partial charge in [-0.05, 0) is 149 Å². The smallest absolute Gasteiger partial charge is 0.143 e. The Labute approximate surface area is 478 Å². The summed E-state index contributed by atoms with van der Waals surface area (Å²) in [6.07, 6.45) is 0. The number of hydrogen-bond donors (Lipinski definition) is 0. The molecule has 0 bridgehead atoms. The lowest BCUT2D eigenvalue weighted by molar-refractivity contribution is 0.670. The van der Waals surface area contributed by atoms with Crippen molar-refractivity contribution in [2.24, 2.45) is 0 Å². The summed E-state index contributed by atoms with van der Waals surface area (Å²) in [6, 6.07) is 118. The molecule has 2 heteroatoms. The van der Waals surface area contributed by atoms with Crippen LogP contribution in [0.2, 0.25) is 0 Å². The Bertz CT molecular complexity index is 4640. The van der Waals surface area contributed by atoms with Crippen molar-refractivity contribution < 1.29 is 4.42 Å². The minimum Gasteiger partial charge on any atom is -0.455 e. The van der Waals surface area contributed by atoms with Gasteiger partial charge in [-0.15, -0.1) is 0 Å². The first-order valence-electron chi connectivity index (χ1n) is 28.4. The molecule has 0 unspecified atom stereocenters. The predicted octanol–water partition coefficient (Wildman–Crippen LogP) is 20.8. The van der Waals surface area contributed by atoms with Crippen molar-refractivity contribution in [1.29, 1.82) is 0 Å². The van der Waals surface area contributed by atoms with Gasteiger partial charge in [0.05, 0.1) is 10.8 Å². The molecule has 0 N–H and O–H groups in total. The largest absolute Gasteiger partial charge is 0.455 e. The highest BCUT2D eigenvalue weighted by Crippen LogP contribution is 2.59. The van der Waals surface area contributed by atoms with Crippen LogP contribution >= 0.6 is 0 Å². The number of benzene rings is 13. The first-order chi connectivity index (χ1) is 40.7. The molecule has 1 heterocycles. The molecule has 0 amide bonds. The summed E-state index contributed by atoms with van der Waals surface area (Å²) < 4.78 is 6.51. The van der Waals surface area contributed by atoms with Gasteiger partial charge in [0.25, 0.3) is 0 Å². The first-order valence-corrected chi connectivity index (χ1v) is 28.4. The Morgan fingerprint density at radius 2 is 0.646 bits per heavy atom. The Morgan fingerprint density at radius 3 is 1.24 bits per heavy atom. The lowest BCUT2D eigenvalue weighted by Gasteiger charge is -2.34. The van der Waals surface area contributed by atoms with Crippen LogP contribution in [0.5, 0.6) is 0 Å². The summed E-state index contributed by atoms with van der Waals surface area (Å²) in [4.78, 5) is 2.43. The highest BCUT2D eigenvalue weighted by Gasteiger charge is 2.47. The molecule has 1 aromatic heterocycles. The molecule has 13 aromatic carbocycles. The molecule has 0 fully saturated rings. The molecule has 0 aliphatic heterocycles. The number of hydrogen-bond acceptors (Lipinski definition) is 2. The Balaban J connectivity index is 0.831. The zero-order valence-corrected chi connectivity index (χ0v) is 45.0. The van der Waals surface area contributed by atoms with Crippen molar-refractivity contribution in [3.05, 3.63) is 366 Å². The Morgan fingerprint density at radius 1 is 0.232 bits per heavy atom. The highest BCUT2D eigenvalue weighted by molar-refractivity contribution is 6.09. The molecule has 82 heavy (non-hydrogen) atoms. The van der Waals surface area contributed by atoms with E-state index in [1.165, 1.54) is 72.3 Å². The monoisotopic (exact) mass is 1040 g/mol. The molecule has 0 saturated heterocycles. The summed E-state index contributed by atoms with van der Waals surface area (Å²) in [5.74, 6) is 0. The van der Waals surface area contributed by atoms with E-state index in [0.29, 0.717) is 0 Å². The van der Waals surface area contributed by atoms with E-state index in [9.17, 15) is 0 Å². The second-order valence-corrected chi connectivity index (χ2v) is 21.8. The van der Waals surface area contributed by atoms with Crippen molar-refractivity contribution in [3.8, 4) is 55.6 Å². The standard InChI is InChI=1S/C80H53NO/c1-5-23-59(24-6-1)79(60-25-7-2-8-26-60)74-37-17-14-32-68(74)72-53-65(48-50-75(72)79)81(63-44-39-54(40-45-63)56-21-19-22-58(51-56)66-34-20-35-71-70-33-15-18-38-77(70)82-78(66)71)64-46-41-55(42-47-64)57-43-49-69-67-31-13-16-36-73(67)80(76(69)52-57,61-27-9-3-10-28-61)62-29-11-4-12-30-62/h1-53H. The summed E-state index contributed by atoms with van der Waals surface area (Å²) in [5.41, 5.74) is 26.1. The molecule has 0 radical (unpaired) electrons. The normalized spacial score (nSPS) is 13.3. The number of para-hydroxylation sites is 2. The molecule has 2 aliphatic rings. The zero-order chi connectivity index (χ0) is 54.2. The van der Waals surface area contributed by atoms with E-state index in [2.05, 4.69) is 320 Å². The van der Waals surface area contributed by atoms with Crippen LogP contribution in [0.15, 0.2) is 326 Å². The average Bonchev–Trinajstić information content (AvgIpc) is 2.87. The van der Waals surface area contributed by atoms with E-state index in [0.717, 1.165) is 66.8 Å². The second kappa shape index (κ2) is 19.1. The van der Waals surface area contributed by atoms with Crippen LogP contribution in [0.4, 0.5) is 17.1 Å². The Hall–Kier alpha value is -10.5. The maximum atomic E-state index is 6.51. The number of rotatable bonds is 10. The van der Waals surface area contributed by atoms with Crippen molar-refractivity contribution >= 4 is 39.0 Å². The molecule has 2 aliphatic carbocycles. The third kappa shape index (κ3) is 7.21. The van der Waals surface area contributed by atoms with Gasteiger partial charge in [0.1, 0.15) is 11.2 Å². The predicted molar refractivity (Wildman–Crippen MR) is 339 cm³/mol. The van der Waals surface area contributed by atoms with Crippen LogP contribution in [0.1, 0.15) is 44.5 Å². The van der Waals surface area contributed by atoms with E-state index in [-0.39, 0.29) is 0 Å². The van der Waals surface area contributed by atoms with Gasteiger partial charge in [-0.2, -0.15) is 0 Å². The lowest BCUT2D eigenvalue weighted by Crippen LogP contribution is -2.28. The van der Waals surface area contributed by atoms with Crippen LogP contribution in [0.3, 0.4) is 0 Å². The fraction of sp³-hybridized carbons (Fsp3) is 0.0250. The molecule has 14 aromatic rings. The van der Waals surface area contributed by atoms with Gasteiger partial charge in [-0.3, -0.25) is 0 Å². The summed E-state index contributed by atoms with van der Waals surface area (Å²) in [5, 5.41) is 2.26. The second-order valence-electron chi connectivity index (χ2n) is 21.8. The summed E-state index contributed by atoms with van der Waals surface area (Å²) in [6.45, 7) is 0. The molecule has 384 valence electrons. The number of nitrogens with zero attached hydrogens (tertiary/aromatic N) is 1. The van der Waals surface area contributed by atoms with E-state index in [1.54, 1.807) is 0 Å². The van der Waals surface area contributed by atoms with Gasteiger partial charge < -0.3 is 9.32 Å². The average molecular weight is 1040 g/mol. The van der Waals surface area contributed by atoms with Crippen LogP contribution in [-0.2, 0) is 10.8 Å². The van der Waals surface area contributed by atoms with Gasteiger partial charge in [0, 0.05) is 33.4 Å². The van der Waals surface area contributed by atoms with Crippen molar-refractivity contribution in [3.63, 3.8) is 0 Å². The quantitative estimate of drug-likeness (QED) is 0.136. The first kappa shape index (κ1) is 47.5. The SMILES string of the molecule is c1ccc(C2(c3ccccc3)c3ccccc3-c3cc(N(c4ccc(-c5cccc(-c6cccc7c6oc6ccccc67)c5)cc4)c4ccc(-c5ccc6c(c5)C(c5ccccc5)(c5ccccc5)c5ccccc5-6)cc4)ccc32)cc1. The highest BCUT2D eigenvalue weighted by atomic mass is 16.3. The number of anilines is 3. The van der Waals surface area contributed by atoms with Crippen LogP contribution in [-0.4, -0.2) is 0 Å². The van der Waals surface area contributed by atoms with Crippen LogP contribution in [0, 0.1) is 0 Å². The Kier molecular flexibility index (Phi) is 11.0. The topological polar surface area (TPSA) is 16.4 Å². The number of fused-ring (bicyclic) bond motifs is 9. The molecule has 16 rings (SSSR count). The van der Waals surface area contributed by atoms with E-state index >= 15 is 0 Å². The van der Waals surface area contributed by atoms with Crippen LogP contribution < -0.4 is 4.90 Å². The molecule has 2 nitrogen and oxygen atoms in total. The van der Waals surface area contributed by atoms with Gasteiger partial charge >= 0.3 is 0 Å². The fourth-order valence-electron chi connectivity index (χ4n) is 14.1. The maximum Gasteiger partial charge on any atom is 0.143 e. The van der Waals surface area contributed by atoms with Gasteiger partial charge in [0.2, 0.25) is 0 Å². The fourth-order valence-corrected chi connectivity index (χ4v) is 14.1. The van der Waals surface area contributed by atoms with E-state index < -0.39 is 10.8 Å². The van der Waals surface area contributed by atoms with Crippen molar-refractivity contribution in [2.75, 3.05) is 4.90 Å².